The maximum atomic E-state index is 13.2. The lowest BCUT2D eigenvalue weighted by Gasteiger charge is -2.17. The first kappa shape index (κ1) is 25.1. The van der Waals surface area contributed by atoms with Gasteiger partial charge >= 0.3 is 5.97 Å². The number of hydrogen-bond donors (Lipinski definition) is 2. The normalized spacial score (nSPS) is 11.6. The van der Waals surface area contributed by atoms with Gasteiger partial charge in [0.1, 0.15) is 14.9 Å². The number of rotatable bonds is 8. The zero-order valence-corrected chi connectivity index (χ0v) is 20.9. The number of carbonyl (C=O) groups is 1. The molecule has 1 heterocycles. The summed E-state index contributed by atoms with van der Waals surface area (Å²) < 4.78 is 66.1. The van der Waals surface area contributed by atoms with Gasteiger partial charge in [0.15, 0.2) is 0 Å². The molecule has 0 fully saturated rings. The summed E-state index contributed by atoms with van der Waals surface area (Å²) in [5.41, 5.74) is -0.654. The second-order valence-corrected chi connectivity index (χ2v) is 11.6. The van der Waals surface area contributed by atoms with Crippen LogP contribution in [0, 0.1) is 0 Å². The highest BCUT2D eigenvalue weighted by molar-refractivity contribution is 7.94. The number of esters is 1. The Balaban J connectivity index is 2.10. The van der Waals surface area contributed by atoms with Crippen LogP contribution in [0.4, 0.5) is 11.4 Å². The SMILES string of the molecule is COC(=O)c1ccc(OC)cc1S(=O)(=O)Nc1cc(Cl)c(Cl)cc1NS(=O)(=O)c1cccs1. The number of sulfonamides is 2. The highest BCUT2D eigenvalue weighted by Crippen LogP contribution is 2.36. The van der Waals surface area contributed by atoms with E-state index in [2.05, 4.69) is 14.2 Å². The molecule has 0 aliphatic rings. The van der Waals surface area contributed by atoms with Crippen molar-refractivity contribution >= 4 is 71.9 Å². The minimum absolute atomic E-state index is 0.00292. The molecule has 0 saturated carbocycles. The Morgan fingerprint density at radius 2 is 1.52 bits per heavy atom. The minimum Gasteiger partial charge on any atom is -0.497 e. The minimum atomic E-state index is -4.46. The molecule has 14 heteroatoms. The van der Waals surface area contributed by atoms with Gasteiger partial charge in [0.2, 0.25) is 0 Å². The van der Waals surface area contributed by atoms with Crippen molar-refractivity contribution in [2.24, 2.45) is 0 Å². The lowest BCUT2D eigenvalue weighted by molar-refractivity contribution is 0.0596. The van der Waals surface area contributed by atoms with Crippen LogP contribution in [0.25, 0.3) is 0 Å². The zero-order valence-electron chi connectivity index (χ0n) is 17.0. The second kappa shape index (κ2) is 9.77. The highest BCUT2D eigenvalue weighted by Gasteiger charge is 2.26. The number of nitrogens with one attached hydrogen (secondary N) is 2. The third-order valence-corrected chi connectivity index (χ3v) is 9.08. The Bertz CT molecular complexity index is 1410. The number of carbonyl (C=O) groups excluding carboxylic acids is 1. The summed E-state index contributed by atoms with van der Waals surface area (Å²) in [6.07, 6.45) is 0. The molecule has 176 valence electrons. The highest BCUT2D eigenvalue weighted by atomic mass is 35.5. The Morgan fingerprint density at radius 1 is 0.909 bits per heavy atom. The molecule has 1 aromatic heterocycles. The number of benzene rings is 2. The predicted octanol–water partition coefficient (Wildman–Crippen LogP) is 4.45. The summed E-state index contributed by atoms with van der Waals surface area (Å²) in [7, 11) is -6.07. The Morgan fingerprint density at radius 3 is 2.03 bits per heavy atom. The summed E-state index contributed by atoms with van der Waals surface area (Å²) in [5, 5.41) is 1.52. The first-order valence-electron chi connectivity index (χ1n) is 8.83. The fourth-order valence-electron chi connectivity index (χ4n) is 2.66. The topological polar surface area (TPSA) is 128 Å². The largest absolute Gasteiger partial charge is 0.497 e. The monoisotopic (exact) mass is 550 g/mol. The molecule has 9 nitrogen and oxygen atoms in total. The van der Waals surface area contributed by atoms with Crippen molar-refractivity contribution in [2.45, 2.75) is 9.10 Å². The first-order valence-corrected chi connectivity index (χ1v) is 13.4. The van der Waals surface area contributed by atoms with Crippen LogP contribution in [0.3, 0.4) is 0 Å². The van der Waals surface area contributed by atoms with Gasteiger partial charge in [-0.1, -0.05) is 29.3 Å². The molecule has 0 bridgehead atoms. The van der Waals surface area contributed by atoms with Crippen molar-refractivity contribution < 1.29 is 31.1 Å². The van der Waals surface area contributed by atoms with Crippen LogP contribution in [0.1, 0.15) is 10.4 Å². The summed E-state index contributed by atoms with van der Waals surface area (Å²) in [6.45, 7) is 0. The van der Waals surface area contributed by atoms with E-state index in [0.29, 0.717) is 0 Å². The number of thiophene rings is 1. The quantitative estimate of drug-likeness (QED) is 0.396. The van der Waals surface area contributed by atoms with E-state index in [1.807, 2.05) is 0 Å². The van der Waals surface area contributed by atoms with Crippen molar-refractivity contribution in [3.05, 3.63) is 63.5 Å². The molecule has 0 atom stereocenters. The lowest BCUT2D eigenvalue weighted by atomic mass is 10.2. The van der Waals surface area contributed by atoms with Gasteiger partial charge < -0.3 is 9.47 Å². The Hall–Kier alpha value is -2.51. The van der Waals surface area contributed by atoms with E-state index < -0.39 is 30.9 Å². The number of ether oxygens (including phenoxy) is 2. The summed E-state index contributed by atoms with van der Waals surface area (Å²) in [6, 6.07) is 8.99. The maximum Gasteiger partial charge on any atom is 0.339 e. The number of anilines is 2. The van der Waals surface area contributed by atoms with E-state index in [4.69, 9.17) is 27.9 Å². The molecular weight excluding hydrogens is 535 g/mol. The van der Waals surface area contributed by atoms with Gasteiger partial charge in [-0.2, -0.15) is 0 Å². The molecule has 0 aliphatic carbocycles. The summed E-state index contributed by atoms with van der Waals surface area (Å²) in [4.78, 5) is 11.7. The van der Waals surface area contributed by atoms with Crippen LogP contribution in [-0.4, -0.2) is 37.0 Å². The third kappa shape index (κ3) is 5.53. The van der Waals surface area contributed by atoms with Crippen LogP contribution < -0.4 is 14.2 Å². The molecule has 0 amide bonds. The lowest BCUT2D eigenvalue weighted by Crippen LogP contribution is -2.20. The molecule has 3 rings (SSSR count). The fraction of sp³-hybridized carbons (Fsp3) is 0.105. The van der Waals surface area contributed by atoms with Gasteiger partial charge in [-0.25, -0.2) is 21.6 Å². The number of hydrogen-bond acceptors (Lipinski definition) is 8. The average molecular weight is 551 g/mol. The molecule has 0 saturated heterocycles. The van der Waals surface area contributed by atoms with E-state index in [-0.39, 0.29) is 36.9 Å². The molecule has 2 aromatic carbocycles. The van der Waals surface area contributed by atoms with E-state index in [0.717, 1.165) is 30.6 Å². The van der Waals surface area contributed by atoms with E-state index in [1.54, 1.807) is 11.4 Å². The number of methoxy groups -OCH3 is 2. The molecule has 3 aromatic rings. The van der Waals surface area contributed by atoms with Crippen molar-refractivity contribution in [1.82, 2.24) is 0 Å². The molecular formula is C19H16Cl2N2O7S3. The van der Waals surface area contributed by atoms with Gasteiger partial charge in [0.05, 0.1) is 41.2 Å². The first-order chi connectivity index (χ1) is 15.5. The van der Waals surface area contributed by atoms with E-state index in [9.17, 15) is 21.6 Å². The Labute approximate surface area is 204 Å². The summed E-state index contributed by atoms with van der Waals surface area (Å²) in [5.74, 6) is -0.735. The van der Waals surface area contributed by atoms with Gasteiger partial charge in [-0.3, -0.25) is 9.44 Å². The zero-order chi connectivity index (χ0) is 24.4. The van der Waals surface area contributed by atoms with Gasteiger partial charge in [-0.05, 0) is 35.7 Å². The molecule has 0 aliphatic heterocycles. The standard InChI is InChI=1S/C19H16Cl2N2O7S3/c1-29-11-5-6-12(19(24)30-2)17(8-11)32(25,26)22-15-9-13(20)14(21)10-16(15)23-33(27,28)18-4-3-7-31-18/h3-10,22-23H,1-2H3. The predicted molar refractivity (Wildman–Crippen MR) is 127 cm³/mol. The van der Waals surface area contributed by atoms with Gasteiger partial charge in [-0.15, -0.1) is 11.3 Å². The van der Waals surface area contributed by atoms with Crippen LogP contribution in [0.5, 0.6) is 5.75 Å². The molecule has 0 unspecified atom stereocenters. The molecule has 2 N–H and O–H groups in total. The molecule has 0 spiro atoms. The van der Waals surface area contributed by atoms with E-state index >= 15 is 0 Å². The molecule has 0 radical (unpaired) electrons. The van der Waals surface area contributed by atoms with Crippen LogP contribution in [0.2, 0.25) is 10.0 Å². The fourth-order valence-corrected chi connectivity index (χ4v) is 6.33. The van der Waals surface area contributed by atoms with Gasteiger partial charge in [0, 0.05) is 6.07 Å². The van der Waals surface area contributed by atoms with Crippen molar-refractivity contribution in [3.8, 4) is 5.75 Å². The van der Waals surface area contributed by atoms with Crippen molar-refractivity contribution in [2.75, 3.05) is 23.7 Å². The number of halogens is 2. The summed E-state index contributed by atoms with van der Waals surface area (Å²) >= 11 is 13.1. The second-order valence-electron chi connectivity index (χ2n) is 6.31. The molecule has 33 heavy (non-hydrogen) atoms. The maximum absolute atomic E-state index is 13.2. The van der Waals surface area contributed by atoms with Crippen molar-refractivity contribution in [1.29, 1.82) is 0 Å². The smallest absolute Gasteiger partial charge is 0.339 e. The van der Waals surface area contributed by atoms with Crippen LogP contribution in [0.15, 0.2) is 56.9 Å². The van der Waals surface area contributed by atoms with Gasteiger partial charge in [0.25, 0.3) is 20.0 Å². The third-order valence-electron chi connectivity index (χ3n) is 4.19. The Kier molecular flexibility index (Phi) is 7.44. The van der Waals surface area contributed by atoms with Crippen LogP contribution in [-0.2, 0) is 24.8 Å². The average Bonchev–Trinajstić information content (AvgIpc) is 3.32. The van der Waals surface area contributed by atoms with E-state index in [1.165, 1.54) is 31.4 Å². The van der Waals surface area contributed by atoms with Crippen molar-refractivity contribution in [3.63, 3.8) is 0 Å². The van der Waals surface area contributed by atoms with Crippen LogP contribution >= 0.6 is 34.5 Å².